The Morgan fingerprint density at radius 2 is 0.838 bits per heavy atom. The topological polar surface area (TPSA) is 47.6 Å². The first-order valence-corrected chi connectivity index (χ1v) is 15.2. The van der Waals surface area contributed by atoms with E-state index in [9.17, 15) is 10.5 Å². The van der Waals surface area contributed by atoms with Crippen molar-refractivity contribution in [3.8, 4) is 12.1 Å². The van der Waals surface area contributed by atoms with Gasteiger partial charge in [0.25, 0.3) is 0 Å². The third-order valence-corrected chi connectivity index (χ3v) is 13.1. The molecule has 0 saturated heterocycles. The standard InChI is InChI=1S/C34H28N2Si/c1-3-37(4-2)33(29-19-15-25(23-35)16-20-29)31(27-11-7-5-8-12-27)32(28-13-9-6-10-14-28)34(37)30-21-17-26(24-36)18-22-30/h5-22H,3-4H2,1-2H3. The smallest absolute Gasteiger partial charge is 0.120 e. The minimum absolute atomic E-state index is 0.674. The zero-order chi connectivity index (χ0) is 25.8. The van der Waals surface area contributed by atoms with E-state index in [1.807, 2.05) is 24.3 Å². The summed E-state index contributed by atoms with van der Waals surface area (Å²) < 4.78 is 0. The summed E-state index contributed by atoms with van der Waals surface area (Å²) in [5.74, 6) is 0. The summed E-state index contributed by atoms with van der Waals surface area (Å²) in [4.78, 5) is 0. The first-order chi connectivity index (χ1) is 18.2. The van der Waals surface area contributed by atoms with Gasteiger partial charge in [-0.05, 0) is 68.1 Å². The first-order valence-electron chi connectivity index (χ1n) is 12.8. The largest absolute Gasteiger partial charge is 0.192 e. The zero-order valence-electron chi connectivity index (χ0n) is 21.2. The average molecular weight is 493 g/mol. The van der Waals surface area contributed by atoms with Crippen molar-refractivity contribution < 1.29 is 0 Å². The molecule has 0 saturated carbocycles. The Morgan fingerprint density at radius 1 is 0.486 bits per heavy atom. The summed E-state index contributed by atoms with van der Waals surface area (Å²) in [6, 6.07) is 44.4. The second kappa shape index (κ2) is 10.3. The van der Waals surface area contributed by atoms with Crippen molar-refractivity contribution in [2.45, 2.75) is 25.9 Å². The van der Waals surface area contributed by atoms with E-state index in [2.05, 4.69) is 111 Å². The Balaban J connectivity index is 1.94. The van der Waals surface area contributed by atoms with Gasteiger partial charge in [-0.2, -0.15) is 10.5 Å². The molecule has 4 aromatic carbocycles. The van der Waals surface area contributed by atoms with Crippen LogP contribution in [0.2, 0.25) is 12.1 Å². The maximum atomic E-state index is 9.46. The minimum atomic E-state index is -2.27. The monoisotopic (exact) mass is 492 g/mol. The third-order valence-electron chi connectivity index (χ3n) is 7.64. The lowest BCUT2D eigenvalue weighted by atomic mass is 9.89. The lowest BCUT2D eigenvalue weighted by molar-refractivity contribution is 1.30. The fourth-order valence-electron chi connectivity index (χ4n) is 5.86. The highest BCUT2D eigenvalue weighted by molar-refractivity contribution is 7.14. The zero-order valence-corrected chi connectivity index (χ0v) is 22.2. The van der Waals surface area contributed by atoms with E-state index in [1.54, 1.807) is 0 Å². The third kappa shape index (κ3) is 4.14. The number of benzene rings is 4. The highest BCUT2D eigenvalue weighted by atomic mass is 28.3. The summed E-state index contributed by atoms with van der Waals surface area (Å²) in [5, 5.41) is 21.8. The van der Waals surface area contributed by atoms with Gasteiger partial charge in [0, 0.05) is 0 Å². The molecule has 3 heteroatoms. The molecule has 1 heterocycles. The molecular weight excluding hydrogens is 464 g/mol. The van der Waals surface area contributed by atoms with Crippen LogP contribution in [0.25, 0.3) is 21.5 Å². The molecule has 0 atom stereocenters. The molecule has 1 aliphatic heterocycles. The second-order valence-corrected chi connectivity index (χ2v) is 14.0. The van der Waals surface area contributed by atoms with Crippen molar-refractivity contribution >= 4 is 29.6 Å². The van der Waals surface area contributed by atoms with Crippen LogP contribution in [-0.2, 0) is 0 Å². The summed E-state index contributed by atoms with van der Waals surface area (Å²) in [6.07, 6.45) is 0. The van der Waals surface area contributed by atoms with E-state index >= 15 is 0 Å². The predicted molar refractivity (Wildman–Crippen MR) is 156 cm³/mol. The SMILES string of the molecule is CC[Si]1(CC)C(c2ccc(C#N)cc2)=C(c2ccccc2)C(c2ccccc2)=C1c1ccc(C#N)cc1. The van der Waals surface area contributed by atoms with Gasteiger partial charge in [-0.3, -0.25) is 0 Å². The lowest BCUT2D eigenvalue weighted by Gasteiger charge is -2.33. The average Bonchev–Trinajstić information content (AvgIpc) is 3.29. The van der Waals surface area contributed by atoms with Gasteiger partial charge >= 0.3 is 0 Å². The second-order valence-electron chi connectivity index (χ2n) is 9.40. The molecule has 0 N–H and O–H groups in total. The Hall–Kier alpha value is -4.44. The maximum absolute atomic E-state index is 9.46. The molecule has 37 heavy (non-hydrogen) atoms. The van der Waals surface area contributed by atoms with Crippen molar-refractivity contribution in [2.75, 3.05) is 0 Å². The van der Waals surface area contributed by atoms with Crippen molar-refractivity contribution in [2.24, 2.45) is 0 Å². The van der Waals surface area contributed by atoms with Gasteiger partial charge in [-0.25, -0.2) is 0 Å². The van der Waals surface area contributed by atoms with Crippen LogP contribution in [0.1, 0.15) is 47.2 Å². The Labute approximate surface area is 220 Å². The normalized spacial score (nSPS) is 14.4. The van der Waals surface area contributed by atoms with Gasteiger partial charge in [-0.1, -0.05) is 111 Å². The van der Waals surface area contributed by atoms with Crippen LogP contribution in [0.3, 0.4) is 0 Å². The number of allylic oxidation sites excluding steroid dienone is 2. The number of nitriles is 2. The molecule has 178 valence electrons. The quantitative estimate of drug-likeness (QED) is 0.253. The highest BCUT2D eigenvalue weighted by Crippen LogP contribution is 2.58. The van der Waals surface area contributed by atoms with Crippen LogP contribution in [0, 0.1) is 22.7 Å². The van der Waals surface area contributed by atoms with Crippen LogP contribution in [0.4, 0.5) is 0 Å². The molecule has 4 aromatic rings. The number of rotatable bonds is 6. The van der Waals surface area contributed by atoms with E-state index in [-0.39, 0.29) is 0 Å². The molecule has 5 rings (SSSR count). The van der Waals surface area contributed by atoms with Crippen molar-refractivity contribution in [3.05, 3.63) is 143 Å². The van der Waals surface area contributed by atoms with E-state index < -0.39 is 8.07 Å². The molecule has 0 aliphatic carbocycles. The summed E-state index contributed by atoms with van der Waals surface area (Å²) >= 11 is 0. The van der Waals surface area contributed by atoms with E-state index in [0.29, 0.717) is 11.1 Å². The predicted octanol–water partition coefficient (Wildman–Crippen LogP) is 8.53. The van der Waals surface area contributed by atoms with Crippen molar-refractivity contribution in [1.82, 2.24) is 0 Å². The molecule has 0 spiro atoms. The van der Waals surface area contributed by atoms with Crippen molar-refractivity contribution in [3.63, 3.8) is 0 Å². The van der Waals surface area contributed by atoms with E-state index in [0.717, 1.165) is 12.1 Å². The molecular formula is C34H28N2Si. The van der Waals surface area contributed by atoms with Crippen molar-refractivity contribution in [1.29, 1.82) is 10.5 Å². The maximum Gasteiger partial charge on any atom is 0.120 e. The van der Waals surface area contributed by atoms with Crippen LogP contribution >= 0.6 is 0 Å². The Kier molecular flexibility index (Phi) is 6.74. The summed E-state index contributed by atoms with van der Waals surface area (Å²) in [6.45, 7) is 4.67. The van der Waals surface area contributed by atoms with Gasteiger partial charge in [0.15, 0.2) is 0 Å². The fraction of sp³-hybridized carbons (Fsp3) is 0.118. The Morgan fingerprint density at radius 3 is 1.14 bits per heavy atom. The molecule has 0 aromatic heterocycles. The molecule has 0 radical (unpaired) electrons. The molecule has 0 fully saturated rings. The number of nitrogens with zero attached hydrogens (tertiary/aromatic N) is 2. The van der Waals surface area contributed by atoms with E-state index in [1.165, 1.54) is 43.8 Å². The highest BCUT2D eigenvalue weighted by Gasteiger charge is 2.47. The van der Waals surface area contributed by atoms with Gasteiger partial charge in [0.1, 0.15) is 8.07 Å². The van der Waals surface area contributed by atoms with E-state index in [4.69, 9.17) is 0 Å². The van der Waals surface area contributed by atoms with Crippen LogP contribution in [0.5, 0.6) is 0 Å². The number of hydrogen-bond acceptors (Lipinski definition) is 2. The summed E-state index contributed by atoms with van der Waals surface area (Å²) in [5.41, 5.74) is 8.76. The molecule has 2 nitrogen and oxygen atoms in total. The molecule has 0 unspecified atom stereocenters. The van der Waals surface area contributed by atoms with Gasteiger partial charge in [0.05, 0.1) is 23.3 Å². The van der Waals surface area contributed by atoms with Gasteiger partial charge in [0.2, 0.25) is 0 Å². The van der Waals surface area contributed by atoms with Gasteiger partial charge < -0.3 is 0 Å². The summed E-state index contributed by atoms with van der Waals surface area (Å²) in [7, 11) is -2.27. The fourth-order valence-corrected chi connectivity index (χ4v) is 11.0. The molecule has 0 amide bonds. The first kappa shape index (κ1) is 24.3. The van der Waals surface area contributed by atoms with Crippen LogP contribution < -0.4 is 0 Å². The van der Waals surface area contributed by atoms with Crippen LogP contribution in [-0.4, -0.2) is 8.07 Å². The number of hydrogen-bond donors (Lipinski definition) is 0. The molecule has 0 bridgehead atoms. The Bertz CT molecular complexity index is 1440. The molecule has 1 aliphatic rings. The lowest BCUT2D eigenvalue weighted by Crippen LogP contribution is -2.35. The minimum Gasteiger partial charge on any atom is -0.192 e. The van der Waals surface area contributed by atoms with Crippen LogP contribution in [0.15, 0.2) is 109 Å². The van der Waals surface area contributed by atoms with Gasteiger partial charge in [-0.15, -0.1) is 0 Å².